The van der Waals surface area contributed by atoms with Crippen LogP contribution in [0.3, 0.4) is 0 Å². The Kier molecular flexibility index (Phi) is 4.45. The second kappa shape index (κ2) is 6.68. The van der Waals surface area contributed by atoms with Crippen LogP contribution in [0.2, 0.25) is 0 Å². The molecule has 116 valence electrons. The number of aliphatic hydroxyl groups is 1. The SMILES string of the molecule is Cc1nc(-c2cccc(C(=O)Nc3cnccc3CO)c2)cs1. The summed E-state index contributed by atoms with van der Waals surface area (Å²) in [7, 11) is 0. The Morgan fingerprint density at radius 3 is 2.96 bits per heavy atom. The molecule has 5 nitrogen and oxygen atoms in total. The van der Waals surface area contributed by atoms with Gasteiger partial charge in [-0.25, -0.2) is 4.98 Å². The molecule has 0 spiro atoms. The van der Waals surface area contributed by atoms with Gasteiger partial charge in [0.25, 0.3) is 5.91 Å². The molecule has 0 radical (unpaired) electrons. The number of pyridine rings is 1. The van der Waals surface area contributed by atoms with Gasteiger partial charge in [-0.2, -0.15) is 0 Å². The number of carbonyl (C=O) groups excluding carboxylic acids is 1. The van der Waals surface area contributed by atoms with Gasteiger partial charge in [0.2, 0.25) is 0 Å². The molecule has 0 aliphatic carbocycles. The van der Waals surface area contributed by atoms with Crippen molar-refractivity contribution in [3.8, 4) is 11.3 Å². The number of benzene rings is 1. The van der Waals surface area contributed by atoms with Crippen molar-refractivity contribution >= 4 is 22.9 Å². The molecule has 2 N–H and O–H groups in total. The second-order valence-electron chi connectivity index (χ2n) is 4.98. The molecule has 0 saturated heterocycles. The van der Waals surface area contributed by atoms with E-state index in [-0.39, 0.29) is 12.5 Å². The summed E-state index contributed by atoms with van der Waals surface area (Å²) in [4.78, 5) is 20.8. The van der Waals surface area contributed by atoms with Crippen LogP contribution in [0.1, 0.15) is 20.9 Å². The van der Waals surface area contributed by atoms with Crippen molar-refractivity contribution in [3.05, 3.63) is 64.2 Å². The summed E-state index contributed by atoms with van der Waals surface area (Å²) in [6.07, 6.45) is 3.10. The number of nitrogens with one attached hydrogen (secondary N) is 1. The predicted octanol–water partition coefficient (Wildman–Crippen LogP) is 3.26. The first kappa shape index (κ1) is 15.3. The van der Waals surface area contributed by atoms with Crippen LogP contribution in [-0.2, 0) is 6.61 Å². The first-order valence-electron chi connectivity index (χ1n) is 7.05. The maximum absolute atomic E-state index is 12.4. The molecule has 2 aromatic heterocycles. The van der Waals surface area contributed by atoms with Crippen LogP contribution in [0.15, 0.2) is 48.1 Å². The van der Waals surface area contributed by atoms with Gasteiger partial charge in [-0.05, 0) is 25.1 Å². The van der Waals surface area contributed by atoms with Crippen molar-refractivity contribution < 1.29 is 9.90 Å². The van der Waals surface area contributed by atoms with Crippen molar-refractivity contribution in [1.82, 2.24) is 9.97 Å². The first-order valence-corrected chi connectivity index (χ1v) is 7.93. The van der Waals surface area contributed by atoms with Crippen LogP contribution in [0.25, 0.3) is 11.3 Å². The maximum Gasteiger partial charge on any atom is 0.255 e. The molecule has 0 unspecified atom stereocenters. The number of rotatable bonds is 4. The van der Waals surface area contributed by atoms with Crippen LogP contribution in [0, 0.1) is 6.92 Å². The summed E-state index contributed by atoms with van der Waals surface area (Å²) in [5.74, 6) is -0.249. The van der Waals surface area contributed by atoms with Gasteiger partial charge >= 0.3 is 0 Å². The maximum atomic E-state index is 12.4. The van der Waals surface area contributed by atoms with E-state index in [9.17, 15) is 9.90 Å². The largest absolute Gasteiger partial charge is 0.392 e. The molecule has 0 aliphatic heterocycles. The van der Waals surface area contributed by atoms with E-state index in [4.69, 9.17) is 0 Å². The Morgan fingerprint density at radius 2 is 2.22 bits per heavy atom. The topological polar surface area (TPSA) is 75.1 Å². The van der Waals surface area contributed by atoms with E-state index in [1.54, 1.807) is 35.7 Å². The van der Waals surface area contributed by atoms with Gasteiger partial charge in [0, 0.05) is 28.3 Å². The van der Waals surface area contributed by atoms with Crippen molar-refractivity contribution in [1.29, 1.82) is 0 Å². The minimum atomic E-state index is -0.249. The molecule has 0 bridgehead atoms. The van der Waals surface area contributed by atoms with Gasteiger partial charge in [-0.15, -0.1) is 11.3 Å². The average molecular weight is 325 g/mol. The number of hydrogen-bond acceptors (Lipinski definition) is 5. The van der Waals surface area contributed by atoms with E-state index in [0.717, 1.165) is 16.3 Å². The zero-order chi connectivity index (χ0) is 16.2. The third-order valence-electron chi connectivity index (χ3n) is 3.37. The minimum Gasteiger partial charge on any atom is -0.392 e. The molecule has 0 aliphatic rings. The highest BCUT2D eigenvalue weighted by Gasteiger charge is 2.11. The van der Waals surface area contributed by atoms with Gasteiger partial charge in [-0.3, -0.25) is 9.78 Å². The van der Waals surface area contributed by atoms with Gasteiger partial charge in [0.1, 0.15) is 0 Å². The quantitative estimate of drug-likeness (QED) is 0.772. The van der Waals surface area contributed by atoms with Crippen LogP contribution >= 0.6 is 11.3 Å². The van der Waals surface area contributed by atoms with Gasteiger partial charge < -0.3 is 10.4 Å². The number of amides is 1. The van der Waals surface area contributed by atoms with Crippen molar-refractivity contribution in [2.24, 2.45) is 0 Å². The second-order valence-corrected chi connectivity index (χ2v) is 6.04. The molecular formula is C17H15N3O2S. The summed E-state index contributed by atoms with van der Waals surface area (Å²) in [5.41, 5.74) is 3.42. The molecule has 23 heavy (non-hydrogen) atoms. The van der Waals surface area contributed by atoms with E-state index in [2.05, 4.69) is 15.3 Å². The molecule has 0 fully saturated rings. The summed E-state index contributed by atoms with van der Waals surface area (Å²) in [6.45, 7) is 1.79. The number of anilines is 1. The van der Waals surface area contributed by atoms with Crippen molar-refractivity contribution in [2.45, 2.75) is 13.5 Å². The number of hydrogen-bond donors (Lipinski definition) is 2. The number of thiazole rings is 1. The Bertz CT molecular complexity index is 845. The van der Waals surface area contributed by atoms with E-state index in [0.29, 0.717) is 16.8 Å². The smallest absolute Gasteiger partial charge is 0.255 e. The molecule has 0 atom stereocenters. The van der Waals surface area contributed by atoms with Crippen molar-refractivity contribution in [3.63, 3.8) is 0 Å². The first-order chi connectivity index (χ1) is 11.2. The monoisotopic (exact) mass is 325 g/mol. The standard InChI is InChI=1S/C17H15N3O2S/c1-11-19-16(10-23-11)12-3-2-4-13(7-12)17(22)20-15-8-18-6-5-14(15)9-21/h2-8,10,21H,9H2,1H3,(H,20,22). The lowest BCUT2D eigenvalue weighted by atomic mass is 10.1. The molecule has 3 aromatic rings. The van der Waals surface area contributed by atoms with Gasteiger partial charge in [-0.1, -0.05) is 12.1 Å². The predicted molar refractivity (Wildman–Crippen MR) is 90.4 cm³/mol. The number of carbonyl (C=O) groups is 1. The Hall–Kier alpha value is -2.57. The third-order valence-corrected chi connectivity index (χ3v) is 4.14. The van der Waals surface area contributed by atoms with E-state index < -0.39 is 0 Å². The molecule has 2 heterocycles. The van der Waals surface area contributed by atoms with Crippen LogP contribution in [-0.4, -0.2) is 21.0 Å². The van der Waals surface area contributed by atoms with Gasteiger partial charge in [0.05, 0.1) is 29.2 Å². The number of nitrogens with zero attached hydrogens (tertiary/aromatic N) is 2. The lowest BCUT2D eigenvalue weighted by Crippen LogP contribution is -2.13. The fourth-order valence-electron chi connectivity index (χ4n) is 2.18. The Labute approximate surface area is 137 Å². The molecule has 0 saturated carbocycles. The molecule has 1 amide bonds. The molecule has 1 aromatic carbocycles. The van der Waals surface area contributed by atoms with E-state index in [1.165, 1.54) is 6.20 Å². The van der Waals surface area contributed by atoms with Crippen LogP contribution in [0.5, 0.6) is 0 Å². The number of aliphatic hydroxyl groups excluding tert-OH is 1. The molecular weight excluding hydrogens is 310 g/mol. The van der Waals surface area contributed by atoms with E-state index in [1.807, 2.05) is 24.4 Å². The summed E-state index contributed by atoms with van der Waals surface area (Å²) in [6, 6.07) is 8.97. The van der Waals surface area contributed by atoms with Crippen LogP contribution in [0.4, 0.5) is 5.69 Å². The zero-order valence-corrected chi connectivity index (χ0v) is 13.3. The number of aromatic nitrogens is 2. The Morgan fingerprint density at radius 1 is 1.35 bits per heavy atom. The molecule has 6 heteroatoms. The fraction of sp³-hybridized carbons (Fsp3) is 0.118. The summed E-state index contributed by atoms with van der Waals surface area (Å²) >= 11 is 1.57. The Balaban J connectivity index is 1.85. The normalized spacial score (nSPS) is 10.5. The average Bonchev–Trinajstić information content (AvgIpc) is 3.02. The number of aryl methyl sites for hydroxylation is 1. The van der Waals surface area contributed by atoms with E-state index >= 15 is 0 Å². The highest BCUT2D eigenvalue weighted by atomic mass is 32.1. The third kappa shape index (κ3) is 3.44. The van der Waals surface area contributed by atoms with Crippen LogP contribution < -0.4 is 5.32 Å². The summed E-state index contributed by atoms with van der Waals surface area (Å²) in [5, 5.41) is 15.0. The minimum absolute atomic E-state index is 0.156. The lowest BCUT2D eigenvalue weighted by Gasteiger charge is -2.09. The fourth-order valence-corrected chi connectivity index (χ4v) is 2.81. The van der Waals surface area contributed by atoms with Gasteiger partial charge in [0.15, 0.2) is 0 Å². The zero-order valence-electron chi connectivity index (χ0n) is 12.5. The summed E-state index contributed by atoms with van der Waals surface area (Å²) < 4.78 is 0. The highest BCUT2D eigenvalue weighted by Crippen LogP contribution is 2.23. The lowest BCUT2D eigenvalue weighted by molar-refractivity contribution is 0.102. The highest BCUT2D eigenvalue weighted by molar-refractivity contribution is 7.09. The van der Waals surface area contributed by atoms with Crippen molar-refractivity contribution in [2.75, 3.05) is 5.32 Å². The molecule has 3 rings (SSSR count).